The van der Waals surface area contributed by atoms with E-state index in [0.717, 1.165) is 46.6 Å². The lowest BCUT2D eigenvalue weighted by atomic mass is 10.2. The van der Waals surface area contributed by atoms with Crippen LogP contribution in [0, 0.1) is 13.8 Å². The number of anilines is 1. The van der Waals surface area contributed by atoms with Crippen molar-refractivity contribution in [1.82, 2.24) is 25.0 Å². The average molecular weight is 388 g/mol. The number of carbonyl (C=O) groups excluding carboxylic acids is 1. The lowest BCUT2D eigenvalue weighted by Crippen LogP contribution is -2.20. The number of hydrogen-bond acceptors (Lipinski definition) is 7. The third-order valence-electron chi connectivity index (χ3n) is 4.13. The number of fused-ring (bicyclic) bond motifs is 1. The second kappa shape index (κ2) is 8.43. The number of rotatable bonds is 8. The van der Waals surface area contributed by atoms with E-state index < -0.39 is 0 Å². The zero-order valence-corrected chi connectivity index (χ0v) is 16.9. The molecule has 0 saturated carbocycles. The number of nitrogens with zero attached hydrogens (tertiary/aromatic N) is 5. The smallest absolute Gasteiger partial charge is 0.264 e. The van der Waals surface area contributed by atoms with Crippen LogP contribution < -0.4 is 10.1 Å². The molecule has 3 heterocycles. The predicted molar refractivity (Wildman–Crippen MR) is 105 cm³/mol. The molecule has 0 saturated heterocycles. The van der Waals surface area contributed by atoms with Gasteiger partial charge in [-0.05, 0) is 31.9 Å². The van der Waals surface area contributed by atoms with E-state index >= 15 is 0 Å². The molecule has 0 fully saturated rings. The van der Waals surface area contributed by atoms with E-state index in [4.69, 9.17) is 4.74 Å². The number of unbranched alkanes of at least 4 members (excludes halogenated alkanes) is 2. The van der Waals surface area contributed by atoms with Crippen LogP contribution in [0.3, 0.4) is 0 Å². The monoisotopic (exact) mass is 388 g/mol. The molecule has 8 nitrogen and oxygen atoms in total. The summed E-state index contributed by atoms with van der Waals surface area (Å²) in [5.74, 6) is 0.118. The van der Waals surface area contributed by atoms with Crippen LogP contribution in [-0.4, -0.2) is 37.5 Å². The van der Waals surface area contributed by atoms with Crippen molar-refractivity contribution in [2.75, 3.05) is 11.9 Å². The van der Waals surface area contributed by atoms with Gasteiger partial charge in [-0.1, -0.05) is 31.1 Å². The van der Waals surface area contributed by atoms with Crippen LogP contribution in [0.1, 0.15) is 42.5 Å². The molecule has 0 aliphatic carbocycles. The lowest BCUT2D eigenvalue weighted by Gasteiger charge is -2.04. The number of aryl methyl sites for hydroxylation is 4. The second-order valence-electron chi connectivity index (χ2n) is 6.50. The molecule has 3 aromatic rings. The molecule has 0 spiro atoms. The SMILES string of the molecule is CCCCCc1nnc(NC(=O)COc2nn(C)c3nc(C)cc(C)c23)s1. The van der Waals surface area contributed by atoms with Gasteiger partial charge in [0.25, 0.3) is 5.91 Å². The van der Waals surface area contributed by atoms with Crippen molar-refractivity contribution in [3.05, 3.63) is 22.3 Å². The molecule has 27 heavy (non-hydrogen) atoms. The summed E-state index contributed by atoms with van der Waals surface area (Å²) in [6, 6.07) is 1.97. The van der Waals surface area contributed by atoms with Crippen molar-refractivity contribution < 1.29 is 9.53 Å². The van der Waals surface area contributed by atoms with Gasteiger partial charge >= 0.3 is 0 Å². The summed E-state index contributed by atoms with van der Waals surface area (Å²) in [7, 11) is 1.81. The van der Waals surface area contributed by atoms with Gasteiger partial charge in [0, 0.05) is 19.2 Å². The fourth-order valence-corrected chi connectivity index (χ4v) is 3.67. The Balaban J connectivity index is 1.61. The van der Waals surface area contributed by atoms with Gasteiger partial charge in [-0.25, -0.2) is 9.67 Å². The third-order valence-corrected chi connectivity index (χ3v) is 5.03. The Morgan fingerprint density at radius 1 is 1.30 bits per heavy atom. The first-order valence-corrected chi connectivity index (χ1v) is 9.85. The van der Waals surface area contributed by atoms with E-state index in [2.05, 4.69) is 32.5 Å². The zero-order chi connectivity index (χ0) is 19.4. The quantitative estimate of drug-likeness (QED) is 0.596. The summed E-state index contributed by atoms with van der Waals surface area (Å²) >= 11 is 1.40. The van der Waals surface area contributed by atoms with Crippen LogP contribution in [0.5, 0.6) is 5.88 Å². The van der Waals surface area contributed by atoms with Gasteiger partial charge in [0.15, 0.2) is 12.3 Å². The number of pyridine rings is 1. The maximum atomic E-state index is 12.2. The molecule has 9 heteroatoms. The molecule has 1 N–H and O–H groups in total. The fraction of sp³-hybridized carbons (Fsp3) is 0.500. The van der Waals surface area contributed by atoms with Crippen molar-refractivity contribution in [2.24, 2.45) is 7.05 Å². The highest BCUT2D eigenvalue weighted by atomic mass is 32.1. The Kier molecular flexibility index (Phi) is 6.00. The second-order valence-corrected chi connectivity index (χ2v) is 7.56. The van der Waals surface area contributed by atoms with Crippen molar-refractivity contribution in [3.63, 3.8) is 0 Å². The highest BCUT2D eigenvalue weighted by Gasteiger charge is 2.16. The van der Waals surface area contributed by atoms with Crippen molar-refractivity contribution >= 4 is 33.4 Å². The number of aromatic nitrogens is 5. The topological polar surface area (TPSA) is 94.8 Å². The van der Waals surface area contributed by atoms with Gasteiger partial charge in [-0.15, -0.1) is 15.3 Å². The summed E-state index contributed by atoms with van der Waals surface area (Å²) < 4.78 is 7.32. The minimum atomic E-state index is -0.289. The van der Waals surface area contributed by atoms with E-state index in [0.29, 0.717) is 11.0 Å². The molecule has 0 aromatic carbocycles. The highest BCUT2D eigenvalue weighted by molar-refractivity contribution is 7.15. The van der Waals surface area contributed by atoms with Gasteiger partial charge in [-0.3, -0.25) is 10.1 Å². The third kappa shape index (κ3) is 4.60. The van der Waals surface area contributed by atoms with Gasteiger partial charge < -0.3 is 4.74 Å². The Bertz CT molecular complexity index is 949. The minimum absolute atomic E-state index is 0.149. The molecule has 3 aromatic heterocycles. The zero-order valence-electron chi connectivity index (χ0n) is 16.1. The first kappa shape index (κ1) is 19.2. The maximum Gasteiger partial charge on any atom is 0.264 e. The molecule has 0 bridgehead atoms. The van der Waals surface area contributed by atoms with Crippen molar-refractivity contribution in [2.45, 2.75) is 46.5 Å². The van der Waals surface area contributed by atoms with E-state index in [1.807, 2.05) is 27.0 Å². The Labute approximate surface area is 162 Å². The average Bonchev–Trinajstić information content (AvgIpc) is 3.18. The minimum Gasteiger partial charge on any atom is -0.466 e. The maximum absolute atomic E-state index is 12.2. The number of hydrogen-bond donors (Lipinski definition) is 1. The normalized spacial score (nSPS) is 11.1. The van der Waals surface area contributed by atoms with E-state index in [9.17, 15) is 4.79 Å². The molecule has 0 unspecified atom stereocenters. The Hall–Kier alpha value is -2.55. The number of carbonyl (C=O) groups is 1. The number of ether oxygens (including phenoxy) is 1. The lowest BCUT2D eigenvalue weighted by molar-refractivity contribution is -0.118. The molecule has 1 amide bonds. The molecular weight excluding hydrogens is 364 g/mol. The highest BCUT2D eigenvalue weighted by Crippen LogP contribution is 2.27. The molecular formula is C18H24N6O2S. The summed E-state index contributed by atoms with van der Waals surface area (Å²) in [5.41, 5.74) is 2.67. The molecule has 3 rings (SSSR count). The first-order chi connectivity index (χ1) is 13.0. The summed E-state index contributed by atoms with van der Waals surface area (Å²) in [5, 5.41) is 17.5. The van der Waals surface area contributed by atoms with Crippen molar-refractivity contribution in [3.8, 4) is 5.88 Å². The summed E-state index contributed by atoms with van der Waals surface area (Å²) in [6.07, 6.45) is 4.31. The first-order valence-electron chi connectivity index (χ1n) is 9.04. The van der Waals surface area contributed by atoms with Gasteiger partial charge in [0.05, 0.1) is 5.39 Å². The summed E-state index contributed by atoms with van der Waals surface area (Å²) in [6.45, 7) is 5.93. The van der Waals surface area contributed by atoms with E-state index in [1.165, 1.54) is 17.8 Å². The van der Waals surface area contributed by atoms with Crippen molar-refractivity contribution in [1.29, 1.82) is 0 Å². The summed E-state index contributed by atoms with van der Waals surface area (Å²) in [4.78, 5) is 16.7. The number of nitrogens with one attached hydrogen (secondary N) is 1. The van der Waals surface area contributed by atoms with Crippen LogP contribution in [-0.2, 0) is 18.3 Å². The molecule has 144 valence electrons. The van der Waals surface area contributed by atoms with Crippen LogP contribution in [0.15, 0.2) is 6.07 Å². The van der Waals surface area contributed by atoms with E-state index in [-0.39, 0.29) is 12.5 Å². The largest absolute Gasteiger partial charge is 0.466 e. The fourth-order valence-electron chi connectivity index (χ4n) is 2.87. The van der Waals surface area contributed by atoms with Gasteiger partial charge in [0.1, 0.15) is 5.01 Å². The van der Waals surface area contributed by atoms with Crippen LogP contribution in [0.25, 0.3) is 11.0 Å². The molecule has 0 radical (unpaired) electrons. The Morgan fingerprint density at radius 3 is 2.89 bits per heavy atom. The van der Waals surface area contributed by atoms with E-state index in [1.54, 1.807) is 4.68 Å². The molecule has 0 aliphatic heterocycles. The van der Waals surface area contributed by atoms with Crippen LogP contribution >= 0.6 is 11.3 Å². The molecule has 0 atom stereocenters. The number of amides is 1. The standard InChI is InChI=1S/C18H24N6O2S/c1-5-6-7-8-14-21-22-18(27-14)20-13(25)10-26-17-15-11(2)9-12(3)19-16(15)24(4)23-17/h9H,5-8,10H2,1-4H3,(H,20,22,25). The van der Waals surface area contributed by atoms with Crippen LogP contribution in [0.4, 0.5) is 5.13 Å². The van der Waals surface area contributed by atoms with Crippen LogP contribution in [0.2, 0.25) is 0 Å². The van der Waals surface area contributed by atoms with Gasteiger partial charge in [-0.2, -0.15) is 0 Å². The predicted octanol–water partition coefficient (Wildman–Crippen LogP) is 3.19. The van der Waals surface area contributed by atoms with Gasteiger partial charge in [0.2, 0.25) is 11.0 Å². The molecule has 0 aliphatic rings. The Morgan fingerprint density at radius 2 is 2.11 bits per heavy atom.